The van der Waals surface area contributed by atoms with Gasteiger partial charge in [0, 0.05) is 18.1 Å². The van der Waals surface area contributed by atoms with Crippen molar-refractivity contribution in [3.8, 4) is 0 Å². The number of aryl methyl sites for hydroxylation is 1. The highest BCUT2D eigenvalue weighted by Crippen LogP contribution is 2.17. The number of rotatable bonds is 7. The standard InChI is InChI=1S/C15H24ClN3O2S/c16-15-7-5-13(6-8-15)3-1-9-19-10-2-4-14(12-19)11-18-22(17,20)21/h5-8,14,18H,1-4,9-12H2,(H2,17,20,21). The highest BCUT2D eigenvalue weighted by atomic mass is 35.5. The molecule has 0 radical (unpaired) electrons. The monoisotopic (exact) mass is 345 g/mol. The summed E-state index contributed by atoms with van der Waals surface area (Å²) in [4.78, 5) is 2.41. The highest BCUT2D eigenvalue weighted by molar-refractivity contribution is 7.87. The number of hydrogen-bond donors (Lipinski definition) is 2. The van der Waals surface area contributed by atoms with Gasteiger partial charge in [-0.05, 0) is 62.4 Å². The molecular formula is C15H24ClN3O2S. The summed E-state index contributed by atoms with van der Waals surface area (Å²) in [5.41, 5.74) is 1.30. The molecule has 1 aromatic rings. The van der Waals surface area contributed by atoms with Gasteiger partial charge in [0.25, 0.3) is 10.2 Å². The average Bonchev–Trinajstić information content (AvgIpc) is 2.47. The van der Waals surface area contributed by atoms with E-state index in [1.807, 2.05) is 12.1 Å². The first-order valence-electron chi connectivity index (χ1n) is 7.66. The Morgan fingerprint density at radius 3 is 2.73 bits per heavy atom. The minimum Gasteiger partial charge on any atom is -0.303 e. The molecule has 0 bridgehead atoms. The van der Waals surface area contributed by atoms with E-state index in [9.17, 15) is 8.42 Å². The van der Waals surface area contributed by atoms with Crippen LogP contribution in [0.25, 0.3) is 0 Å². The quantitative estimate of drug-likeness (QED) is 0.791. The Labute approximate surface area is 138 Å². The predicted molar refractivity (Wildman–Crippen MR) is 90.0 cm³/mol. The predicted octanol–water partition coefficient (Wildman–Crippen LogP) is 1.78. The summed E-state index contributed by atoms with van der Waals surface area (Å²) in [5, 5.41) is 5.75. The number of nitrogens with one attached hydrogen (secondary N) is 1. The summed E-state index contributed by atoms with van der Waals surface area (Å²) in [7, 11) is -3.58. The topological polar surface area (TPSA) is 75.4 Å². The van der Waals surface area contributed by atoms with Crippen LogP contribution in [0, 0.1) is 5.92 Å². The molecule has 7 heteroatoms. The van der Waals surface area contributed by atoms with Crippen LogP contribution in [0.1, 0.15) is 24.8 Å². The SMILES string of the molecule is NS(=O)(=O)NCC1CCCN(CCCc2ccc(Cl)cc2)C1. The number of nitrogens with two attached hydrogens (primary N) is 1. The Kier molecular flexibility index (Phi) is 6.65. The van der Waals surface area contributed by atoms with Crippen LogP contribution in [0.5, 0.6) is 0 Å². The van der Waals surface area contributed by atoms with E-state index in [1.165, 1.54) is 5.56 Å². The molecule has 1 saturated heterocycles. The third-order valence-corrected chi connectivity index (χ3v) is 4.85. The van der Waals surface area contributed by atoms with Crippen LogP contribution < -0.4 is 9.86 Å². The van der Waals surface area contributed by atoms with E-state index in [1.54, 1.807) is 0 Å². The van der Waals surface area contributed by atoms with Gasteiger partial charge in [-0.15, -0.1) is 0 Å². The van der Waals surface area contributed by atoms with Crippen LogP contribution in [-0.2, 0) is 16.6 Å². The molecule has 0 spiro atoms. The molecule has 1 aromatic carbocycles. The van der Waals surface area contributed by atoms with Gasteiger partial charge in [-0.25, -0.2) is 9.86 Å². The maximum atomic E-state index is 11.0. The van der Waals surface area contributed by atoms with Crippen molar-refractivity contribution in [3.05, 3.63) is 34.9 Å². The van der Waals surface area contributed by atoms with Gasteiger partial charge in [0.05, 0.1) is 0 Å². The van der Waals surface area contributed by atoms with Crippen LogP contribution >= 0.6 is 11.6 Å². The number of halogens is 1. The summed E-state index contributed by atoms with van der Waals surface area (Å²) >= 11 is 5.88. The minimum atomic E-state index is -3.58. The molecule has 0 aromatic heterocycles. The summed E-state index contributed by atoms with van der Waals surface area (Å²) < 4.78 is 24.3. The second kappa shape index (κ2) is 8.26. The fraction of sp³-hybridized carbons (Fsp3) is 0.600. The van der Waals surface area contributed by atoms with E-state index in [0.29, 0.717) is 12.5 Å². The van der Waals surface area contributed by atoms with Gasteiger partial charge in [-0.1, -0.05) is 23.7 Å². The zero-order valence-electron chi connectivity index (χ0n) is 12.7. The molecular weight excluding hydrogens is 322 g/mol. The highest BCUT2D eigenvalue weighted by Gasteiger charge is 2.20. The van der Waals surface area contributed by atoms with Crippen molar-refractivity contribution in [1.82, 2.24) is 9.62 Å². The van der Waals surface area contributed by atoms with E-state index in [2.05, 4.69) is 21.8 Å². The maximum absolute atomic E-state index is 11.0. The minimum absolute atomic E-state index is 0.350. The summed E-state index contributed by atoms with van der Waals surface area (Å²) in [6.07, 6.45) is 4.29. The first-order valence-corrected chi connectivity index (χ1v) is 9.59. The fourth-order valence-electron chi connectivity index (χ4n) is 2.91. The van der Waals surface area contributed by atoms with Crippen LogP contribution in [0.3, 0.4) is 0 Å². The molecule has 1 atom stereocenters. The Morgan fingerprint density at radius 2 is 2.05 bits per heavy atom. The van der Waals surface area contributed by atoms with E-state index >= 15 is 0 Å². The lowest BCUT2D eigenvalue weighted by atomic mass is 9.98. The smallest absolute Gasteiger partial charge is 0.274 e. The van der Waals surface area contributed by atoms with Gasteiger partial charge in [-0.3, -0.25) is 0 Å². The largest absolute Gasteiger partial charge is 0.303 e. The summed E-state index contributed by atoms with van der Waals surface area (Å²) in [5.74, 6) is 0.350. The molecule has 1 aliphatic heterocycles. The Hall–Kier alpha value is -0.660. The zero-order chi connectivity index (χ0) is 16.0. The molecule has 124 valence electrons. The maximum Gasteiger partial charge on any atom is 0.274 e. The van der Waals surface area contributed by atoms with Gasteiger partial charge in [0.2, 0.25) is 0 Å². The molecule has 2 rings (SSSR count). The Morgan fingerprint density at radius 1 is 1.32 bits per heavy atom. The molecule has 1 aliphatic rings. The number of benzene rings is 1. The van der Waals surface area contributed by atoms with Gasteiger partial charge in [0.1, 0.15) is 0 Å². The molecule has 1 fully saturated rings. The normalized spacial score (nSPS) is 20.2. The van der Waals surface area contributed by atoms with Crippen LogP contribution in [0.4, 0.5) is 0 Å². The molecule has 1 unspecified atom stereocenters. The van der Waals surface area contributed by atoms with Crippen molar-refractivity contribution < 1.29 is 8.42 Å². The molecule has 0 aliphatic carbocycles. The van der Waals surface area contributed by atoms with Gasteiger partial charge < -0.3 is 4.90 Å². The average molecular weight is 346 g/mol. The molecule has 22 heavy (non-hydrogen) atoms. The van der Waals surface area contributed by atoms with Crippen molar-refractivity contribution in [2.24, 2.45) is 11.1 Å². The van der Waals surface area contributed by atoms with Crippen molar-refractivity contribution in [1.29, 1.82) is 0 Å². The lowest BCUT2D eigenvalue weighted by molar-refractivity contribution is 0.174. The summed E-state index contributed by atoms with van der Waals surface area (Å²) in [6.45, 7) is 3.50. The van der Waals surface area contributed by atoms with Crippen LogP contribution in [0.2, 0.25) is 5.02 Å². The van der Waals surface area contributed by atoms with Crippen molar-refractivity contribution in [2.45, 2.75) is 25.7 Å². The molecule has 1 heterocycles. The third kappa shape index (κ3) is 6.62. The van der Waals surface area contributed by atoms with Crippen molar-refractivity contribution >= 4 is 21.8 Å². The van der Waals surface area contributed by atoms with Crippen molar-refractivity contribution in [3.63, 3.8) is 0 Å². The third-order valence-electron chi connectivity index (χ3n) is 4.03. The number of nitrogens with zero attached hydrogens (tertiary/aromatic N) is 1. The molecule has 5 nitrogen and oxygen atoms in total. The van der Waals surface area contributed by atoms with E-state index < -0.39 is 10.2 Å². The lowest BCUT2D eigenvalue weighted by Gasteiger charge is -2.32. The van der Waals surface area contributed by atoms with Gasteiger partial charge >= 0.3 is 0 Å². The molecule has 3 N–H and O–H groups in total. The fourth-order valence-corrected chi connectivity index (χ4v) is 3.51. The number of likely N-dealkylation sites (tertiary alicyclic amines) is 1. The Bertz CT molecular complexity index is 563. The van der Waals surface area contributed by atoms with Crippen LogP contribution in [0.15, 0.2) is 24.3 Å². The summed E-state index contributed by atoms with van der Waals surface area (Å²) in [6, 6.07) is 7.98. The molecule has 0 saturated carbocycles. The Balaban J connectivity index is 1.70. The van der Waals surface area contributed by atoms with E-state index in [0.717, 1.165) is 50.3 Å². The lowest BCUT2D eigenvalue weighted by Crippen LogP contribution is -2.42. The number of hydrogen-bond acceptors (Lipinski definition) is 3. The second-order valence-electron chi connectivity index (χ2n) is 5.93. The molecule has 0 amide bonds. The van der Waals surface area contributed by atoms with Crippen LogP contribution in [-0.4, -0.2) is 39.5 Å². The van der Waals surface area contributed by atoms with E-state index in [4.69, 9.17) is 16.7 Å². The first kappa shape index (κ1) is 17.7. The second-order valence-corrected chi connectivity index (χ2v) is 7.75. The van der Waals surface area contributed by atoms with E-state index in [-0.39, 0.29) is 0 Å². The van der Waals surface area contributed by atoms with Crippen molar-refractivity contribution in [2.75, 3.05) is 26.2 Å². The first-order chi connectivity index (χ1) is 10.4. The number of piperidine rings is 1. The zero-order valence-corrected chi connectivity index (χ0v) is 14.2. The van der Waals surface area contributed by atoms with Gasteiger partial charge in [0.15, 0.2) is 0 Å². The van der Waals surface area contributed by atoms with Gasteiger partial charge in [-0.2, -0.15) is 8.42 Å².